The lowest BCUT2D eigenvalue weighted by Crippen LogP contribution is -2.31. The first-order valence-electron chi connectivity index (χ1n) is 8.39. The average Bonchev–Trinajstić information content (AvgIpc) is 3.06. The van der Waals surface area contributed by atoms with E-state index in [4.69, 9.17) is 5.73 Å². The van der Waals surface area contributed by atoms with E-state index in [0.717, 1.165) is 48.5 Å². The van der Waals surface area contributed by atoms with Crippen LogP contribution < -0.4 is 11.1 Å². The summed E-state index contributed by atoms with van der Waals surface area (Å²) in [5.74, 6) is -0.762. The number of fused-ring (bicyclic) bond motifs is 1. The van der Waals surface area contributed by atoms with Gasteiger partial charge in [-0.25, -0.2) is 0 Å². The Morgan fingerprint density at radius 2 is 2.20 bits per heavy atom. The minimum absolute atomic E-state index is 0.274. The molecule has 1 aliphatic heterocycles. The van der Waals surface area contributed by atoms with Crippen LogP contribution in [0.2, 0.25) is 0 Å². The molecule has 3 rings (SSSR count). The molecule has 2 aromatic heterocycles. The molecule has 134 valence electrons. The highest BCUT2D eigenvalue weighted by atomic mass is 32.1. The van der Waals surface area contributed by atoms with E-state index in [0.29, 0.717) is 16.3 Å². The SMILES string of the molecule is CCCN1CCc2c(sc(NC(=O)c3c(C)cnn3C)c2C(N)=O)C1. The molecule has 0 atom stereocenters. The Balaban J connectivity index is 1.92. The van der Waals surface area contributed by atoms with Crippen LogP contribution in [0.1, 0.15) is 50.2 Å². The fourth-order valence-corrected chi connectivity index (χ4v) is 4.64. The quantitative estimate of drug-likeness (QED) is 0.851. The summed E-state index contributed by atoms with van der Waals surface area (Å²) in [6, 6.07) is 0. The lowest BCUT2D eigenvalue weighted by molar-refractivity contribution is 0.1000. The van der Waals surface area contributed by atoms with Crippen LogP contribution in [0.25, 0.3) is 0 Å². The molecule has 1 aliphatic rings. The van der Waals surface area contributed by atoms with Crippen LogP contribution in [-0.4, -0.2) is 39.6 Å². The number of rotatable bonds is 5. The zero-order valence-electron chi connectivity index (χ0n) is 14.8. The molecule has 0 spiro atoms. The maximum atomic E-state index is 12.6. The van der Waals surface area contributed by atoms with E-state index in [1.165, 1.54) is 16.0 Å². The maximum absolute atomic E-state index is 12.6. The Labute approximate surface area is 150 Å². The number of amides is 2. The number of anilines is 1. The summed E-state index contributed by atoms with van der Waals surface area (Å²) in [5.41, 5.74) is 8.34. The Morgan fingerprint density at radius 3 is 2.80 bits per heavy atom. The number of nitrogens with one attached hydrogen (secondary N) is 1. The van der Waals surface area contributed by atoms with E-state index in [1.807, 2.05) is 6.92 Å². The van der Waals surface area contributed by atoms with Crippen molar-refractivity contribution < 1.29 is 9.59 Å². The Bertz CT molecular complexity index is 804. The molecule has 25 heavy (non-hydrogen) atoms. The third kappa shape index (κ3) is 3.32. The normalized spacial score (nSPS) is 14.4. The molecule has 0 saturated carbocycles. The molecule has 3 heterocycles. The molecular formula is C17H23N5O2S. The summed E-state index contributed by atoms with van der Waals surface area (Å²) >= 11 is 1.45. The van der Waals surface area contributed by atoms with Crippen molar-refractivity contribution in [1.29, 1.82) is 0 Å². The predicted octanol–water partition coefficient (Wildman–Crippen LogP) is 1.91. The Hall–Kier alpha value is -2.19. The Kier molecular flexibility index (Phi) is 4.91. The highest BCUT2D eigenvalue weighted by Crippen LogP contribution is 2.37. The number of hydrogen-bond donors (Lipinski definition) is 2. The van der Waals surface area contributed by atoms with E-state index in [2.05, 4.69) is 22.2 Å². The minimum atomic E-state index is -0.488. The number of carbonyl (C=O) groups is 2. The van der Waals surface area contributed by atoms with Crippen LogP contribution in [-0.2, 0) is 20.0 Å². The summed E-state index contributed by atoms with van der Waals surface area (Å²) < 4.78 is 1.53. The van der Waals surface area contributed by atoms with Gasteiger partial charge in [0.15, 0.2) is 0 Å². The molecule has 0 unspecified atom stereocenters. The van der Waals surface area contributed by atoms with Gasteiger partial charge in [0.1, 0.15) is 10.7 Å². The van der Waals surface area contributed by atoms with Gasteiger partial charge >= 0.3 is 0 Å². The fraction of sp³-hybridized carbons (Fsp3) is 0.471. The number of thiophene rings is 1. The third-order valence-electron chi connectivity index (χ3n) is 4.49. The van der Waals surface area contributed by atoms with Crippen molar-refractivity contribution in [2.75, 3.05) is 18.4 Å². The van der Waals surface area contributed by atoms with Gasteiger partial charge in [0.05, 0.1) is 11.8 Å². The Morgan fingerprint density at radius 1 is 1.44 bits per heavy atom. The first-order valence-corrected chi connectivity index (χ1v) is 9.20. The number of nitrogens with two attached hydrogens (primary N) is 1. The molecular weight excluding hydrogens is 338 g/mol. The second-order valence-corrected chi connectivity index (χ2v) is 7.46. The van der Waals surface area contributed by atoms with Gasteiger partial charge in [-0.05, 0) is 37.4 Å². The third-order valence-corrected chi connectivity index (χ3v) is 5.62. The summed E-state index contributed by atoms with van der Waals surface area (Å²) in [5, 5.41) is 7.52. The zero-order chi connectivity index (χ0) is 18.1. The second kappa shape index (κ2) is 6.97. The minimum Gasteiger partial charge on any atom is -0.365 e. The molecule has 0 fully saturated rings. The smallest absolute Gasteiger partial charge is 0.274 e. The highest BCUT2D eigenvalue weighted by Gasteiger charge is 2.28. The number of hydrogen-bond acceptors (Lipinski definition) is 5. The lowest BCUT2D eigenvalue weighted by atomic mass is 10.0. The molecule has 0 aromatic carbocycles. The van der Waals surface area contributed by atoms with Gasteiger partial charge in [-0.3, -0.25) is 19.2 Å². The number of primary amides is 1. The summed E-state index contributed by atoms with van der Waals surface area (Å²) in [4.78, 5) is 28.1. The van der Waals surface area contributed by atoms with Gasteiger partial charge in [-0.1, -0.05) is 6.92 Å². The van der Waals surface area contributed by atoms with E-state index >= 15 is 0 Å². The predicted molar refractivity (Wildman–Crippen MR) is 98.0 cm³/mol. The van der Waals surface area contributed by atoms with Crippen LogP contribution in [0.15, 0.2) is 6.20 Å². The van der Waals surface area contributed by atoms with E-state index in [9.17, 15) is 9.59 Å². The van der Waals surface area contributed by atoms with E-state index < -0.39 is 5.91 Å². The molecule has 0 radical (unpaired) electrons. The van der Waals surface area contributed by atoms with Gasteiger partial charge in [0, 0.05) is 25.0 Å². The molecule has 2 aromatic rings. The van der Waals surface area contributed by atoms with Crippen LogP contribution >= 0.6 is 11.3 Å². The maximum Gasteiger partial charge on any atom is 0.274 e. The number of carbonyl (C=O) groups excluding carboxylic acids is 2. The molecule has 3 N–H and O–H groups in total. The molecule has 0 aliphatic carbocycles. The fourth-order valence-electron chi connectivity index (χ4n) is 3.35. The van der Waals surface area contributed by atoms with E-state index in [1.54, 1.807) is 13.2 Å². The molecule has 0 bridgehead atoms. The zero-order valence-corrected chi connectivity index (χ0v) is 15.6. The van der Waals surface area contributed by atoms with Crippen molar-refractivity contribution in [2.45, 2.75) is 33.2 Å². The molecule has 2 amide bonds. The van der Waals surface area contributed by atoms with Crippen molar-refractivity contribution >= 4 is 28.2 Å². The van der Waals surface area contributed by atoms with Crippen molar-refractivity contribution in [3.8, 4) is 0 Å². The summed E-state index contributed by atoms with van der Waals surface area (Å²) in [7, 11) is 1.72. The van der Waals surface area contributed by atoms with Crippen LogP contribution in [0.3, 0.4) is 0 Å². The first-order chi connectivity index (χ1) is 11.9. The van der Waals surface area contributed by atoms with Gasteiger partial charge in [0.25, 0.3) is 11.8 Å². The van der Waals surface area contributed by atoms with E-state index in [-0.39, 0.29) is 5.91 Å². The molecule has 0 saturated heterocycles. The van der Waals surface area contributed by atoms with Crippen molar-refractivity contribution in [2.24, 2.45) is 12.8 Å². The number of aromatic nitrogens is 2. The van der Waals surface area contributed by atoms with Crippen LogP contribution in [0.5, 0.6) is 0 Å². The number of aryl methyl sites for hydroxylation is 2. The highest BCUT2D eigenvalue weighted by molar-refractivity contribution is 7.17. The van der Waals surface area contributed by atoms with Crippen LogP contribution in [0.4, 0.5) is 5.00 Å². The molecule has 8 heteroatoms. The summed E-state index contributed by atoms with van der Waals surface area (Å²) in [6.07, 6.45) is 3.52. The largest absolute Gasteiger partial charge is 0.365 e. The van der Waals surface area contributed by atoms with Gasteiger partial charge in [-0.2, -0.15) is 5.10 Å². The first kappa shape index (κ1) is 17.6. The van der Waals surface area contributed by atoms with Crippen LogP contribution in [0, 0.1) is 6.92 Å². The van der Waals surface area contributed by atoms with Crippen molar-refractivity contribution in [3.63, 3.8) is 0 Å². The lowest BCUT2D eigenvalue weighted by Gasteiger charge is -2.26. The topological polar surface area (TPSA) is 93.2 Å². The average molecular weight is 361 g/mol. The molecule has 7 nitrogen and oxygen atoms in total. The van der Waals surface area contributed by atoms with Gasteiger partial charge < -0.3 is 11.1 Å². The van der Waals surface area contributed by atoms with Crippen molar-refractivity contribution in [1.82, 2.24) is 14.7 Å². The van der Waals surface area contributed by atoms with Gasteiger partial charge in [0.2, 0.25) is 0 Å². The van der Waals surface area contributed by atoms with Crippen molar-refractivity contribution in [3.05, 3.63) is 33.5 Å². The summed E-state index contributed by atoms with van der Waals surface area (Å²) in [6.45, 7) is 6.72. The monoisotopic (exact) mass is 361 g/mol. The number of nitrogens with zero attached hydrogens (tertiary/aromatic N) is 3. The van der Waals surface area contributed by atoms with Gasteiger partial charge in [-0.15, -0.1) is 11.3 Å². The standard InChI is InChI=1S/C17H23N5O2S/c1-4-6-22-7-5-11-12(9-22)25-17(13(11)15(18)23)20-16(24)14-10(2)8-19-21(14)3/h8H,4-7,9H2,1-3H3,(H2,18,23)(H,20,24). The second-order valence-electron chi connectivity index (χ2n) is 6.35.